The molecule has 0 aliphatic rings. The number of nitrogens with two attached hydrogens (primary N) is 1. The van der Waals surface area contributed by atoms with Gasteiger partial charge in [0.2, 0.25) is 0 Å². The Morgan fingerprint density at radius 1 is 1.45 bits per heavy atom. The van der Waals surface area contributed by atoms with Crippen LogP contribution in [0.5, 0.6) is 0 Å². The third-order valence-corrected chi connectivity index (χ3v) is 4.55. The highest BCUT2D eigenvalue weighted by Gasteiger charge is 2.13. The lowest BCUT2D eigenvalue weighted by atomic mass is 10.1. The summed E-state index contributed by atoms with van der Waals surface area (Å²) in [6.07, 6.45) is 0.859. The first kappa shape index (κ1) is 15.4. The zero-order chi connectivity index (χ0) is 14.5. The average Bonchev–Trinajstić information content (AvgIpc) is 2.85. The number of thiazole rings is 1. The van der Waals surface area contributed by atoms with Gasteiger partial charge < -0.3 is 5.73 Å². The first-order chi connectivity index (χ1) is 9.60. The van der Waals surface area contributed by atoms with Crippen molar-refractivity contribution in [2.75, 3.05) is 13.6 Å². The average molecular weight is 310 g/mol. The van der Waals surface area contributed by atoms with Gasteiger partial charge in [-0.05, 0) is 38.2 Å². The van der Waals surface area contributed by atoms with Crippen LogP contribution in [0.15, 0.2) is 29.6 Å². The van der Waals surface area contributed by atoms with E-state index in [-0.39, 0.29) is 0 Å². The number of aromatic nitrogens is 1. The van der Waals surface area contributed by atoms with Crippen LogP contribution in [-0.4, -0.2) is 23.5 Å². The fraction of sp³-hybridized carbons (Fsp3) is 0.400. The summed E-state index contributed by atoms with van der Waals surface area (Å²) in [5.41, 5.74) is 7.88. The quantitative estimate of drug-likeness (QED) is 0.888. The first-order valence-electron chi connectivity index (χ1n) is 6.69. The molecule has 108 valence electrons. The molecule has 0 aliphatic carbocycles. The van der Waals surface area contributed by atoms with Gasteiger partial charge in [0, 0.05) is 29.4 Å². The van der Waals surface area contributed by atoms with Gasteiger partial charge in [-0.1, -0.05) is 23.7 Å². The van der Waals surface area contributed by atoms with Crippen molar-refractivity contribution in [3.63, 3.8) is 0 Å². The van der Waals surface area contributed by atoms with Crippen LogP contribution in [-0.2, 0) is 13.0 Å². The molecule has 2 aromatic rings. The molecule has 1 aromatic carbocycles. The summed E-state index contributed by atoms with van der Waals surface area (Å²) in [4.78, 5) is 6.88. The number of hydrogen-bond donors (Lipinski definition) is 1. The summed E-state index contributed by atoms with van der Waals surface area (Å²) < 4.78 is 0. The Bertz CT molecular complexity index is 556. The van der Waals surface area contributed by atoms with Crippen LogP contribution in [0.4, 0.5) is 0 Å². The van der Waals surface area contributed by atoms with E-state index in [0.717, 1.165) is 28.7 Å². The molecule has 0 spiro atoms. The lowest BCUT2D eigenvalue weighted by molar-refractivity contribution is 0.250. The van der Waals surface area contributed by atoms with E-state index in [2.05, 4.69) is 35.3 Å². The van der Waals surface area contributed by atoms with Crippen molar-refractivity contribution >= 4 is 22.9 Å². The molecule has 5 heteroatoms. The lowest BCUT2D eigenvalue weighted by Crippen LogP contribution is -2.22. The molecule has 0 saturated heterocycles. The van der Waals surface area contributed by atoms with Gasteiger partial charge >= 0.3 is 0 Å². The van der Waals surface area contributed by atoms with Gasteiger partial charge in [-0.2, -0.15) is 0 Å². The molecule has 2 N–H and O–H groups in total. The minimum absolute atomic E-state index is 0.299. The largest absolute Gasteiger partial charge is 0.330 e. The summed E-state index contributed by atoms with van der Waals surface area (Å²) in [5.74, 6) is 0. The first-order valence-corrected chi connectivity index (χ1v) is 7.95. The second-order valence-electron chi connectivity index (χ2n) is 4.92. The third-order valence-electron chi connectivity index (χ3n) is 3.36. The highest BCUT2D eigenvalue weighted by Crippen LogP contribution is 2.23. The standard InChI is InChI=1S/C15H20ClN3S/c1-11(12-4-3-5-13(16)8-12)19(2)9-14-10-20-15(18-14)6-7-17/h3-5,8,10-11H,6-7,9,17H2,1-2H3. The Labute approximate surface area is 129 Å². The van der Waals surface area contributed by atoms with Crippen LogP contribution in [0.2, 0.25) is 5.02 Å². The predicted molar refractivity (Wildman–Crippen MR) is 86.2 cm³/mol. The second-order valence-corrected chi connectivity index (χ2v) is 6.30. The maximum atomic E-state index is 6.05. The van der Waals surface area contributed by atoms with Crippen molar-refractivity contribution in [1.82, 2.24) is 9.88 Å². The van der Waals surface area contributed by atoms with E-state index in [1.165, 1.54) is 5.56 Å². The van der Waals surface area contributed by atoms with Gasteiger partial charge in [-0.15, -0.1) is 11.3 Å². The molecule has 0 radical (unpaired) electrons. The van der Waals surface area contributed by atoms with Gasteiger partial charge in [0.15, 0.2) is 0 Å². The van der Waals surface area contributed by atoms with E-state index in [9.17, 15) is 0 Å². The van der Waals surface area contributed by atoms with E-state index in [1.54, 1.807) is 11.3 Å². The Morgan fingerprint density at radius 2 is 2.25 bits per heavy atom. The Kier molecular flexibility index (Phi) is 5.54. The molecular formula is C15H20ClN3S. The maximum Gasteiger partial charge on any atom is 0.0941 e. The molecule has 1 unspecified atom stereocenters. The minimum atomic E-state index is 0.299. The zero-order valence-corrected chi connectivity index (χ0v) is 13.4. The lowest BCUT2D eigenvalue weighted by Gasteiger charge is -2.24. The molecule has 0 bridgehead atoms. The van der Waals surface area contributed by atoms with Crippen molar-refractivity contribution in [3.8, 4) is 0 Å². The van der Waals surface area contributed by atoms with E-state index >= 15 is 0 Å². The van der Waals surface area contributed by atoms with Gasteiger partial charge in [-0.3, -0.25) is 4.90 Å². The summed E-state index contributed by atoms with van der Waals surface area (Å²) in [5, 5.41) is 4.01. The summed E-state index contributed by atoms with van der Waals surface area (Å²) in [6, 6.07) is 8.31. The van der Waals surface area contributed by atoms with Gasteiger partial charge in [0.05, 0.1) is 10.7 Å². The fourth-order valence-electron chi connectivity index (χ4n) is 2.07. The molecule has 1 atom stereocenters. The molecule has 0 saturated carbocycles. The number of rotatable bonds is 6. The number of nitrogens with zero attached hydrogens (tertiary/aromatic N) is 2. The van der Waals surface area contributed by atoms with Crippen molar-refractivity contribution in [1.29, 1.82) is 0 Å². The zero-order valence-electron chi connectivity index (χ0n) is 11.8. The number of hydrogen-bond acceptors (Lipinski definition) is 4. The Morgan fingerprint density at radius 3 is 2.95 bits per heavy atom. The number of halogens is 1. The minimum Gasteiger partial charge on any atom is -0.330 e. The molecule has 0 fully saturated rings. The van der Waals surface area contributed by atoms with Crippen molar-refractivity contribution in [2.24, 2.45) is 5.73 Å². The molecule has 0 amide bonds. The molecule has 0 aliphatic heterocycles. The van der Waals surface area contributed by atoms with Crippen LogP contribution < -0.4 is 5.73 Å². The van der Waals surface area contributed by atoms with Crippen LogP contribution >= 0.6 is 22.9 Å². The van der Waals surface area contributed by atoms with Gasteiger partial charge in [-0.25, -0.2) is 4.98 Å². The molecular weight excluding hydrogens is 290 g/mol. The summed E-state index contributed by atoms with van der Waals surface area (Å²) in [7, 11) is 2.10. The van der Waals surface area contributed by atoms with Crippen LogP contribution in [0.25, 0.3) is 0 Å². The smallest absolute Gasteiger partial charge is 0.0941 e. The van der Waals surface area contributed by atoms with E-state index in [1.807, 2.05) is 18.2 Å². The Hall–Kier alpha value is -0.940. The van der Waals surface area contributed by atoms with Crippen LogP contribution in [0, 0.1) is 0 Å². The molecule has 1 heterocycles. The SMILES string of the molecule is CC(c1cccc(Cl)c1)N(C)Cc1csc(CCN)n1. The molecule has 2 rings (SSSR count). The Balaban J connectivity index is 2.01. The van der Waals surface area contributed by atoms with Crippen molar-refractivity contribution in [2.45, 2.75) is 25.9 Å². The molecule has 1 aromatic heterocycles. The fourth-order valence-corrected chi connectivity index (χ4v) is 3.08. The molecule has 20 heavy (non-hydrogen) atoms. The summed E-state index contributed by atoms with van der Waals surface area (Å²) >= 11 is 7.74. The summed E-state index contributed by atoms with van der Waals surface area (Å²) in [6.45, 7) is 3.66. The van der Waals surface area contributed by atoms with Gasteiger partial charge in [0.25, 0.3) is 0 Å². The predicted octanol–water partition coefficient (Wildman–Crippen LogP) is 3.49. The monoisotopic (exact) mass is 309 g/mol. The maximum absolute atomic E-state index is 6.05. The normalized spacial score (nSPS) is 12.8. The van der Waals surface area contributed by atoms with Crippen LogP contribution in [0.1, 0.15) is 29.2 Å². The topological polar surface area (TPSA) is 42.1 Å². The van der Waals surface area contributed by atoms with Crippen LogP contribution in [0.3, 0.4) is 0 Å². The highest BCUT2D eigenvalue weighted by atomic mass is 35.5. The second kappa shape index (κ2) is 7.18. The van der Waals surface area contributed by atoms with Crippen molar-refractivity contribution < 1.29 is 0 Å². The van der Waals surface area contributed by atoms with E-state index in [0.29, 0.717) is 12.6 Å². The van der Waals surface area contributed by atoms with E-state index in [4.69, 9.17) is 17.3 Å². The third kappa shape index (κ3) is 4.03. The molecule has 3 nitrogen and oxygen atoms in total. The highest BCUT2D eigenvalue weighted by molar-refractivity contribution is 7.09. The van der Waals surface area contributed by atoms with Crippen molar-refractivity contribution in [3.05, 3.63) is 50.9 Å². The number of benzene rings is 1. The van der Waals surface area contributed by atoms with E-state index < -0.39 is 0 Å². The van der Waals surface area contributed by atoms with Gasteiger partial charge in [0.1, 0.15) is 0 Å².